The number of nitrogens with zero attached hydrogens (tertiary/aromatic N) is 1. The average molecular weight is 216 g/mol. The van der Waals surface area contributed by atoms with E-state index < -0.39 is 12.0 Å². The molecule has 88 valence electrons. The highest BCUT2D eigenvalue weighted by atomic mass is 16.4. The molecule has 0 unspecified atom stereocenters. The van der Waals surface area contributed by atoms with Crippen molar-refractivity contribution in [3.63, 3.8) is 0 Å². The van der Waals surface area contributed by atoms with E-state index in [2.05, 4.69) is 0 Å². The van der Waals surface area contributed by atoms with Crippen LogP contribution < -0.4 is 5.73 Å². The van der Waals surface area contributed by atoms with Crippen LogP contribution >= 0.6 is 0 Å². The van der Waals surface area contributed by atoms with Gasteiger partial charge in [-0.05, 0) is 13.3 Å². The summed E-state index contributed by atoms with van der Waals surface area (Å²) in [5.74, 6) is -1.05. The number of aliphatic carboxylic acids is 1. The molecule has 0 radical (unpaired) electrons. The number of carboxylic acid groups (broad SMARTS) is 1. The predicted molar refractivity (Wildman–Crippen MR) is 57.4 cm³/mol. The van der Waals surface area contributed by atoms with Crippen LogP contribution in [0.1, 0.15) is 33.1 Å². The Morgan fingerprint density at radius 2 is 2.00 bits per heavy atom. The molecular formula is C10H20N2O3. The minimum atomic E-state index is -0.898. The van der Waals surface area contributed by atoms with E-state index in [9.17, 15) is 9.59 Å². The van der Waals surface area contributed by atoms with Gasteiger partial charge in [0.1, 0.15) is 0 Å². The van der Waals surface area contributed by atoms with Crippen LogP contribution in [0.2, 0.25) is 0 Å². The molecule has 1 atom stereocenters. The van der Waals surface area contributed by atoms with Crippen molar-refractivity contribution in [2.45, 2.75) is 39.2 Å². The molecule has 5 heteroatoms. The molecule has 5 nitrogen and oxygen atoms in total. The van der Waals surface area contributed by atoms with Crippen molar-refractivity contribution in [1.82, 2.24) is 4.90 Å². The largest absolute Gasteiger partial charge is 0.481 e. The van der Waals surface area contributed by atoms with Crippen LogP contribution in [0.4, 0.5) is 0 Å². The maximum Gasteiger partial charge on any atom is 0.305 e. The Hall–Kier alpha value is -1.10. The van der Waals surface area contributed by atoms with Crippen LogP contribution in [-0.4, -0.2) is 41.0 Å². The van der Waals surface area contributed by atoms with E-state index in [0.29, 0.717) is 13.0 Å². The number of nitrogens with two attached hydrogens (primary N) is 1. The van der Waals surface area contributed by atoms with Gasteiger partial charge in [0.15, 0.2) is 0 Å². The quantitative estimate of drug-likeness (QED) is 0.646. The fraction of sp³-hybridized carbons (Fsp3) is 0.800. The van der Waals surface area contributed by atoms with Gasteiger partial charge in [-0.25, -0.2) is 0 Å². The van der Waals surface area contributed by atoms with Gasteiger partial charge in [-0.2, -0.15) is 0 Å². The van der Waals surface area contributed by atoms with Gasteiger partial charge in [-0.15, -0.1) is 0 Å². The first-order chi connectivity index (χ1) is 7.02. The summed E-state index contributed by atoms with van der Waals surface area (Å²) in [7, 11) is 0. The van der Waals surface area contributed by atoms with Gasteiger partial charge in [0.2, 0.25) is 5.91 Å². The maximum absolute atomic E-state index is 11.7. The first-order valence-corrected chi connectivity index (χ1v) is 5.29. The SMILES string of the molecule is CCC[C@@H](N)C(=O)N(CC)CCC(=O)O. The number of carbonyl (C=O) groups is 2. The van der Waals surface area contributed by atoms with Crippen molar-refractivity contribution in [2.24, 2.45) is 5.73 Å². The van der Waals surface area contributed by atoms with Crippen LogP contribution in [0, 0.1) is 0 Å². The van der Waals surface area contributed by atoms with Crippen molar-refractivity contribution in [1.29, 1.82) is 0 Å². The van der Waals surface area contributed by atoms with Crippen LogP contribution in [0.5, 0.6) is 0 Å². The smallest absolute Gasteiger partial charge is 0.305 e. The maximum atomic E-state index is 11.7. The molecule has 0 bridgehead atoms. The molecular weight excluding hydrogens is 196 g/mol. The van der Waals surface area contributed by atoms with Gasteiger partial charge >= 0.3 is 5.97 Å². The molecule has 0 fully saturated rings. The van der Waals surface area contributed by atoms with Crippen LogP contribution in [-0.2, 0) is 9.59 Å². The Morgan fingerprint density at radius 3 is 2.40 bits per heavy atom. The number of carboxylic acids is 1. The summed E-state index contributed by atoms with van der Waals surface area (Å²) in [6, 6.07) is -0.497. The van der Waals surface area contributed by atoms with Gasteiger partial charge in [0, 0.05) is 13.1 Å². The molecule has 0 aromatic rings. The Kier molecular flexibility index (Phi) is 6.70. The second kappa shape index (κ2) is 7.23. The van der Waals surface area contributed by atoms with Gasteiger partial charge < -0.3 is 15.7 Å². The second-order valence-corrected chi connectivity index (χ2v) is 3.46. The lowest BCUT2D eigenvalue weighted by molar-refractivity contribution is -0.138. The van der Waals surface area contributed by atoms with Gasteiger partial charge in [-0.1, -0.05) is 13.3 Å². The zero-order chi connectivity index (χ0) is 11.8. The molecule has 0 aliphatic carbocycles. The first-order valence-electron chi connectivity index (χ1n) is 5.29. The highest BCUT2D eigenvalue weighted by Gasteiger charge is 2.19. The Balaban J connectivity index is 4.14. The van der Waals surface area contributed by atoms with Gasteiger partial charge in [0.25, 0.3) is 0 Å². The lowest BCUT2D eigenvalue weighted by atomic mass is 10.1. The topological polar surface area (TPSA) is 83.6 Å². The zero-order valence-corrected chi connectivity index (χ0v) is 9.40. The van der Waals surface area contributed by atoms with E-state index in [4.69, 9.17) is 10.8 Å². The van der Waals surface area contributed by atoms with E-state index >= 15 is 0 Å². The number of carbonyl (C=O) groups excluding carboxylic acids is 1. The van der Waals surface area contributed by atoms with Crippen molar-refractivity contribution in [3.05, 3.63) is 0 Å². The average Bonchev–Trinajstić information content (AvgIpc) is 2.18. The Labute approximate surface area is 90.2 Å². The molecule has 0 heterocycles. The molecule has 15 heavy (non-hydrogen) atoms. The summed E-state index contributed by atoms with van der Waals surface area (Å²) >= 11 is 0. The number of amides is 1. The molecule has 1 amide bonds. The molecule has 0 rings (SSSR count). The minimum Gasteiger partial charge on any atom is -0.481 e. The zero-order valence-electron chi connectivity index (χ0n) is 9.40. The summed E-state index contributed by atoms with van der Waals surface area (Å²) in [4.78, 5) is 23.5. The summed E-state index contributed by atoms with van der Waals surface area (Å²) in [5.41, 5.74) is 5.67. The third-order valence-corrected chi connectivity index (χ3v) is 2.21. The van der Waals surface area contributed by atoms with Crippen LogP contribution in [0.3, 0.4) is 0 Å². The lowest BCUT2D eigenvalue weighted by Gasteiger charge is -2.23. The summed E-state index contributed by atoms with van der Waals surface area (Å²) < 4.78 is 0. The van der Waals surface area contributed by atoms with Gasteiger partial charge in [-0.3, -0.25) is 9.59 Å². The van der Waals surface area contributed by atoms with Crippen LogP contribution in [0.25, 0.3) is 0 Å². The summed E-state index contributed by atoms with van der Waals surface area (Å²) in [5, 5.41) is 8.51. The third-order valence-electron chi connectivity index (χ3n) is 2.21. The van der Waals surface area contributed by atoms with E-state index in [1.54, 1.807) is 0 Å². The van der Waals surface area contributed by atoms with Crippen molar-refractivity contribution in [3.8, 4) is 0 Å². The van der Waals surface area contributed by atoms with E-state index in [-0.39, 0.29) is 18.9 Å². The number of likely N-dealkylation sites (N-methyl/N-ethyl adjacent to an activating group) is 1. The fourth-order valence-corrected chi connectivity index (χ4v) is 1.32. The Morgan fingerprint density at radius 1 is 1.40 bits per heavy atom. The normalized spacial score (nSPS) is 12.2. The highest BCUT2D eigenvalue weighted by Crippen LogP contribution is 2.01. The van der Waals surface area contributed by atoms with E-state index in [1.807, 2.05) is 13.8 Å². The number of rotatable bonds is 7. The molecule has 0 aliphatic heterocycles. The lowest BCUT2D eigenvalue weighted by Crippen LogP contribution is -2.44. The number of hydrogen-bond donors (Lipinski definition) is 2. The molecule has 0 saturated heterocycles. The fourth-order valence-electron chi connectivity index (χ4n) is 1.32. The molecule has 0 saturated carbocycles. The van der Waals surface area contributed by atoms with Crippen LogP contribution in [0.15, 0.2) is 0 Å². The van der Waals surface area contributed by atoms with E-state index in [0.717, 1.165) is 6.42 Å². The first kappa shape index (κ1) is 13.9. The van der Waals surface area contributed by atoms with E-state index in [1.165, 1.54) is 4.90 Å². The van der Waals surface area contributed by atoms with Crippen molar-refractivity contribution >= 4 is 11.9 Å². The highest BCUT2D eigenvalue weighted by molar-refractivity contribution is 5.82. The molecule has 3 N–H and O–H groups in total. The summed E-state index contributed by atoms with van der Waals surface area (Å²) in [6.45, 7) is 4.52. The standard InChI is InChI=1S/C10H20N2O3/c1-3-5-8(11)10(15)12(4-2)7-6-9(13)14/h8H,3-7,11H2,1-2H3,(H,13,14)/t8-/m1/s1. The molecule has 0 aromatic carbocycles. The van der Waals surface area contributed by atoms with Gasteiger partial charge in [0.05, 0.1) is 12.5 Å². The van der Waals surface area contributed by atoms with Crippen molar-refractivity contribution in [2.75, 3.05) is 13.1 Å². The second-order valence-electron chi connectivity index (χ2n) is 3.46. The predicted octanol–water partition coefficient (Wildman–Crippen LogP) is 0.437. The van der Waals surface area contributed by atoms with Crippen molar-refractivity contribution < 1.29 is 14.7 Å². The third kappa shape index (κ3) is 5.37. The summed E-state index contributed by atoms with van der Waals surface area (Å²) in [6.07, 6.45) is 1.46. The molecule has 0 aromatic heterocycles. The minimum absolute atomic E-state index is 0.0293. The Bertz CT molecular complexity index is 219. The molecule has 0 spiro atoms. The molecule has 0 aliphatic rings. The number of hydrogen-bond acceptors (Lipinski definition) is 3. The monoisotopic (exact) mass is 216 g/mol.